The predicted molar refractivity (Wildman–Crippen MR) is 109 cm³/mol. The highest BCUT2D eigenvalue weighted by molar-refractivity contribution is 7.89. The predicted octanol–water partition coefficient (Wildman–Crippen LogP) is 3.27. The Morgan fingerprint density at radius 3 is 2.48 bits per heavy atom. The van der Waals surface area contributed by atoms with Gasteiger partial charge in [0.05, 0.1) is 17.6 Å². The molecule has 7 nitrogen and oxygen atoms in total. The highest BCUT2D eigenvalue weighted by Crippen LogP contribution is 2.32. The SMILES string of the molecule is COC(=O)c1cccc(S(=O)(=O)N(C)[C@H](c2ccc(Cl)cc2)c2nccn2C)c1. The van der Waals surface area contributed by atoms with Gasteiger partial charge in [-0.05, 0) is 35.9 Å². The molecule has 29 heavy (non-hydrogen) atoms. The minimum absolute atomic E-state index is 0.0175. The molecule has 0 aliphatic rings. The Balaban J connectivity index is 2.10. The van der Waals surface area contributed by atoms with Gasteiger partial charge in [-0.1, -0.05) is 29.8 Å². The van der Waals surface area contributed by atoms with Crippen molar-refractivity contribution in [3.63, 3.8) is 0 Å². The van der Waals surface area contributed by atoms with E-state index < -0.39 is 22.0 Å². The first-order valence-electron chi connectivity index (χ1n) is 8.65. The minimum atomic E-state index is -3.96. The maximum Gasteiger partial charge on any atom is 0.337 e. The van der Waals surface area contributed by atoms with Gasteiger partial charge in [0.2, 0.25) is 10.0 Å². The van der Waals surface area contributed by atoms with Crippen LogP contribution in [0.2, 0.25) is 5.02 Å². The lowest BCUT2D eigenvalue weighted by Gasteiger charge is -2.27. The van der Waals surface area contributed by atoms with Crippen molar-refractivity contribution in [2.45, 2.75) is 10.9 Å². The summed E-state index contributed by atoms with van der Waals surface area (Å²) >= 11 is 6.00. The van der Waals surface area contributed by atoms with E-state index in [0.29, 0.717) is 16.4 Å². The normalized spacial score (nSPS) is 12.7. The third-order valence-corrected chi connectivity index (χ3v) is 6.66. The van der Waals surface area contributed by atoms with Crippen LogP contribution in [0.4, 0.5) is 0 Å². The molecule has 2 aromatic carbocycles. The summed E-state index contributed by atoms with van der Waals surface area (Å²) in [4.78, 5) is 16.2. The van der Waals surface area contributed by atoms with E-state index in [9.17, 15) is 13.2 Å². The van der Waals surface area contributed by atoms with E-state index in [1.54, 1.807) is 48.3 Å². The number of sulfonamides is 1. The highest BCUT2D eigenvalue weighted by Gasteiger charge is 2.33. The first kappa shape index (κ1) is 21.0. The molecular weight excluding hydrogens is 414 g/mol. The van der Waals surface area contributed by atoms with Crippen molar-refractivity contribution in [2.24, 2.45) is 7.05 Å². The fraction of sp³-hybridized carbons (Fsp3) is 0.200. The lowest BCUT2D eigenvalue weighted by atomic mass is 10.1. The van der Waals surface area contributed by atoms with Gasteiger partial charge in [-0.2, -0.15) is 4.31 Å². The molecule has 1 atom stereocenters. The van der Waals surface area contributed by atoms with Gasteiger partial charge in [-0.3, -0.25) is 0 Å². The quantitative estimate of drug-likeness (QED) is 0.557. The summed E-state index contributed by atoms with van der Waals surface area (Å²) in [6.07, 6.45) is 3.35. The van der Waals surface area contributed by atoms with Gasteiger partial charge in [-0.15, -0.1) is 0 Å². The van der Waals surface area contributed by atoms with Crippen molar-refractivity contribution in [2.75, 3.05) is 14.2 Å². The Hall–Kier alpha value is -2.68. The average molecular weight is 434 g/mol. The van der Waals surface area contributed by atoms with Crippen molar-refractivity contribution >= 4 is 27.6 Å². The molecule has 0 aliphatic carbocycles. The molecule has 9 heteroatoms. The fourth-order valence-corrected chi connectivity index (χ4v) is 4.49. The second-order valence-corrected chi connectivity index (χ2v) is 8.83. The van der Waals surface area contributed by atoms with Crippen LogP contribution in [0.5, 0.6) is 0 Å². The topological polar surface area (TPSA) is 81.5 Å². The van der Waals surface area contributed by atoms with Gasteiger partial charge in [0.15, 0.2) is 0 Å². The summed E-state index contributed by atoms with van der Waals surface area (Å²) in [5.41, 5.74) is 0.862. The zero-order valence-corrected chi connectivity index (χ0v) is 17.7. The molecule has 1 aromatic heterocycles. The summed E-state index contributed by atoms with van der Waals surface area (Å²) in [6, 6.07) is 12.0. The Morgan fingerprint density at radius 2 is 1.90 bits per heavy atom. The van der Waals surface area contributed by atoms with Crippen molar-refractivity contribution in [3.05, 3.63) is 82.9 Å². The summed E-state index contributed by atoms with van der Waals surface area (Å²) in [5, 5.41) is 0.545. The molecule has 3 aromatic rings. The van der Waals surface area contributed by atoms with Gasteiger partial charge >= 0.3 is 5.97 Å². The number of esters is 1. The second kappa shape index (κ2) is 8.36. The van der Waals surface area contributed by atoms with Crippen molar-refractivity contribution in [3.8, 4) is 0 Å². The van der Waals surface area contributed by atoms with Crippen LogP contribution in [-0.4, -0.2) is 42.4 Å². The van der Waals surface area contributed by atoms with E-state index in [2.05, 4.69) is 4.98 Å². The molecule has 0 saturated heterocycles. The van der Waals surface area contributed by atoms with Crippen LogP contribution < -0.4 is 0 Å². The molecule has 0 amide bonds. The molecule has 1 heterocycles. The van der Waals surface area contributed by atoms with Gasteiger partial charge in [0.1, 0.15) is 11.9 Å². The molecular formula is C20H20ClN3O4S. The van der Waals surface area contributed by atoms with E-state index in [-0.39, 0.29) is 10.5 Å². The Labute approximate surface area is 174 Å². The van der Waals surface area contributed by atoms with Gasteiger partial charge in [-0.25, -0.2) is 18.2 Å². The number of methoxy groups -OCH3 is 1. The van der Waals surface area contributed by atoms with Crippen LogP contribution in [0.1, 0.15) is 27.8 Å². The first-order valence-corrected chi connectivity index (χ1v) is 10.5. The third-order valence-electron chi connectivity index (χ3n) is 4.58. The van der Waals surface area contributed by atoms with Crippen LogP contribution in [0.3, 0.4) is 0 Å². The Morgan fingerprint density at radius 1 is 1.21 bits per heavy atom. The van der Waals surface area contributed by atoms with Crippen LogP contribution in [0, 0.1) is 0 Å². The van der Waals surface area contributed by atoms with Gasteiger partial charge in [0.25, 0.3) is 0 Å². The molecule has 0 bridgehead atoms. The van der Waals surface area contributed by atoms with Crippen molar-refractivity contribution in [1.82, 2.24) is 13.9 Å². The zero-order chi connectivity index (χ0) is 21.2. The molecule has 152 valence electrons. The summed E-state index contributed by atoms with van der Waals surface area (Å²) in [7, 11) is 0.555. The minimum Gasteiger partial charge on any atom is -0.465 e. The molecule has 0 spiro atoms. The summed E-state index contributed by atoms with van der Waals surface area (Å²) in [5.74, 6) is -0.0643. The number of halogens is 1. The van der Waals surface area contributed by atoms with Crippen LogP contribution in [-0.2, 0) is 21.8 Å². The van der Waals surface area contributed by atoms with E-state index in [0.717, 1.165) is 0 Å². The number of hydrogen-bond donors (Lipinski definition) is 0. The van der Waals surface area contributed by atoms with Crippen LogP contribution in [0.15, 0.2) is 65.8 Å². The number of hydrogen-bond acceptors (Lipinski definition) is 5. The first-order chi connectivity index (χ1) is 13.8. The number of aryl methyl sites for hydroxylation is 1. The van der Waals surface area contributed by atoms with Crippen LogP contribution >= 0.6 is 11.6 Å². The maximum atomic E-state index is 13.4. The molecule has 0 aliphatic heterocycles. The summed E-state index contributed by atoms with van der Waals surface area (Å²) in [6.45, 7) is 0. The maximum absolute atomic E-state index is 13.4. The third kappa shape index (κ3) is 4.19. The summed E-state index contributed by atoms with van der Waals surface area (Å²) < 4.78 is 34.5. The molecule has 0 saturated carbocycles. The van der Waals surface area contributed by atoms with E-state index in [1.807, 2.05) is 0 Å². The molecule has 3 rings (SSSR count). The fourth-order valence-electron chi connectivity index (χ4n) is 3.01. The van der Waals surface area contributed by atoms with Gasteiger partial charge in [0, 0.05) is 31.5 Å². The number of carbonyl (C=O) groups is 1. The second-order valence-electron chi connectivity index (χ2n) is 6.39. The number of ether oxygens (including phenoxy) is 1. The average Bonchev–Trinajstić information content (AvgIpc) is 3.14. The van der Waals surface area contributed by atoms with E-state index >= 15 is 0 Å². The lowest BCUT2D eigenvalue weighted by Crippen LogP contribution is -2.33. The van der Waals surface area contributed by atoms with Crippen molar-refractivity contribution in [1.29, 1.82) is 0 Å². The molecule has 0 unspecified atom stereocenters. The number of benzene rings is 2. The number of imidazole rings is 1. The number of nitrogens with zero attached hydrogens (tertiary/aromatic N) is 3. The number of rotatable bonds is 6. The van der Waals surface area contributed by atoms with E-state index in [1.165, 1.54) is 42.7 Å². The Bertz CT molecular complexity index is 1130. The van der Waals surface area contributed by atoms with Gasteiger partial charge < -0.3 is 9.30 Å². The molecule has 0 N–H and O–H groups in total. The highest BCUT2D eigenvalue weighted by atomic mass is 35.5. The number of aromatic nitrogens is 2. The van der Waals surface area contributed by atoms with Crippen LogP contribution in [0.25, 0.3) is 0 Å². The zero-order valence-electron chi connectivity index (χ0n) is 16.1. The lowest BCUT2D eigenvalue weighted by molar-refractivity contribution is 0.0600. The van der Waals surface area contributed by atoms with Crippen molar-refractivity contribution < 1.29 is 17.9 Å². The Kier molecular flexibility index (Phi) is 6.07. The number of carbonyl (C=O) groups excluding carboxylic acids is 1. The largest absolute Gasteiger partial charge is 0.465 e. The molecule has 0 fully saturated rings. The monoisotopic (exact) mass is 433 g/mol. The standard InChI is InChI=1S/C20H20ClN3O4S/c1-23-12-11-22-19(23)18(14-7-9-16(21)10-8-14)24(2)29(26,27)17-6-4-5-15(13-17)20(25)28-3/h4-13,18H,1-3H3/t18-/m1/s1. The van der Waals surface area contributed by atoms with E-state index in [4.69, 9.17) is 16.3 Å². The smallest absolute Gasteiger partial charge is 0.337 e. The molecule has 0 radical (unpaired) electrons.